The third-order valence-electron chi connectivity index (χ3n) is 2.55. The highest BCUT2D eigenvalue weighted by Crippen LogP contribution is 2.22. The molecule has 0 heterocycles. The Bertz CT molecular complexity index is 419. The standard InChI is InChI=1S/C13H20N2O3/c1-9-6-10(2)12(7-11(9)14)15-13(16)8-18-5-4-17-3/h6-7H,4-5,8,14H2,1-3H3,(H,15,16). The highest BCUT2D eigenvalue weighted by molar-refractivity contribution is 5.93. The molecule has 0 radical (unpaired) electrons. The molecule has 5 nitrogen and oxygen atoms in total. The first-order valence-corrected chi connectivity index (χ1v) is 5.78. The van der Waals surface area contributed by atoms with Crippen molar-refractivity contribution >= 4 is 17.3 Å². The molecule has 0 saturated heterocycles. The Labute approximate surface area is 107 Å². The number of hydrogen-bond acceptors (Lipinski definition) is 4. The van der Waals surface area contributed by atoms with Gasteiger partial charge in [0.25, 0.3) is 0 Å². The lowest BCUT2D eigenvalue weighted by atomic mass is 10.1. The Hall–Kier alpha value is -1.59. The number of methoxy groups -OCH3 is 1. The molecule has 0 aliphatic carbocycles. The van der Waals surface area contributed by atoms with Crippen LogP contribution in [-0.4, -0.2) is 32.8 Å². The summed E-state index contributed by atoms with van der Waals surface area (Å²) < 4.78 is 9.95. The summed E-state index contributed by atoms with van der Waals surface area (Å²) in [4.78, 5) is 11.6. The highest BCUT2D eigenvalue weighted by Gasteiger charge is 2.06. The summed E-state index contributed by atoms with van der Waals surface area (Å²) in [7, 11) is 1.59. The number of rotatable bonds is 6. The second-order valence-electron chi connectivity index (χ2n) is 4.12. The lowest BCUT2D eigenvalue weighted by molar-refractivity contribution is -0.121. The lowest BCUT2D eigenvalue weighted by Crippen LogP contribution is -2.20. The van der Waals surface area contributed by atoms with Crippen molar-refractivity contribution in [2.24, 2.45) is 0 Å². The SMILES string of the molecule is COCCOCC(=O)Nc1cc(N)c(C)cc1C. The van der Waals surface area contributed by atoms with Gasteiger partial charge in [-0.3, -0.25) is 4.79 Å². The van der Waals surface area contributed by atoms with E-state index in [1.165, 1.54) is 0 Å². The molecule has 18 heavy (non-hydrogen) atoms. The number of hydrogen-bond donors (Lipinski definition) is 2. The maximum Gasteiger partial charge on any atom is 0.250 e. The average Bonchev–Trinajstić information content (AvgIpc) is 2.32. The molecular formula is C13H20N2O3. The molecule has 1 rings (SSSR count). The molecule has 0 aliphatic heterocycles. The molecular weight excluding hydrogens is 232 g/mol. The van der Waals surface area contributed by atoms with E-state index < -0.39 is 0 Å². The van der Waals surface area contributed by atoms with E-state index in [1.807, 2.05) is 19.9 Å². The van der Waals surface area contributed by atoms with Gasteiger partial charge in [-0.05, 0) is 31.0 Å². The number of nitrogens with one attached hydrogen (secondary N) is 1. The molecule has 0 spiro atoms. The highest BCUT2D eigenvalue weighted by atomic mass is 16.5. The topological polar surface area (TPSA) is 73.6 Å². The van der Waals surface area contributed by atoms with Gasteiger partial charge < -0.3 is 20.5 Å². The number of benzene rings is 1. The Morgan fingerprint density at radius 1 is 1.28 bits per heavy atom. The van der Waals surface area contributed by atoms with Gasteiger partial charge in [0, 0.05) is 18.5 Å². The predicted octanol–water partition coefficient (Wildman–Crippen LogP) is 1.49. The second-order valence-corrected chi connectivity index (χ2v) is 4.12. The van der Waals surface area contributed by atoms with Gasteiger partial charge in [0.15, 0.2) is 0 Å². The minimum Gasteiger partial charge on any atom is -0.398 e. The Morgan fingerprint density at radius 3 is 2.67 bits per heavy atom. The van der Waals surface area contributed by atoms with Gasteiger partial charge in [0.05, 0.1) is 13.2 Å². The van der Waals surface area contributed by atoms with Crippen LogP contribution in [0.4, 0.5) is 11.4 Å². The van der Waals surface area contributed by atoms with Crippen LogP contribution < -0.4 is 11.1 Å². The van der Waals surface area contributed by atoms with E-state index in [2.05, 4.69) is 5.32 Å². The summed E-state index contributed by atoms with van der Waals surface area (Å²) in [5, 5.41) is 2.77. The van der Waals surface area contributed by atoms with Gasteiger partial charge in [-0.1, -0.05) is 6.07 Å². The van der Waals surface area contributed by atoms with E-state index in [0.717, 1.165) is 16.8 Å². The minimum absolute atomic E-state index is 0.0105. The van der Waals surface area contributed by atoms with Gasteiger partial charge in [0.1, 0.15) is 6.61 Å². The van der Waals surface area contributed by atoms with Gasteiger partial charge in [-0.15, -0.1) is 0 Å². The van der Waals surface area contributed by atoms with E-state index in [0.29, 0.717) is 18.9 Å². The third-order valence-corrected chi connectivity index (χ3v) is 2.55. The van der Waals surface area contributed by atoms with Crippen LogP contribution in [0.2, 0.25) is 0 Å². The zero-order chi connectivity index (χ0) is 13.5. The molecule has 0 aromatic heterocycles. The smallest absolute Gasteiger partial charge is 0.250 e. The molecule has 100 valence electrons. The lowest BCUT2D eigenvalue weighted by Gasteiger charge is -2.11. The number of nitrogens with two attached hydrogens (primary N) is 1. The Morgan fingerprint density at radius 2 is 2.00 bits per heavy atom. The summed E-state index contributed by atoms with van der Waals surface area (Å²) in [5.41, 5.74) is 9.17. The number of carbonyl (C=O) groups excluding carboxylic acids is 1. The zero-order valence-electron chi connectivity index (χ0n) is 11.1. The maximum absolute atomic E-state index is 11.6. The minimum atomic E-state index is -0.197. The first-order valence-electron chi connectivity index (χ1n) is 5.78. The van der Waals surface area contributed by atoms with Crippen molar-refractivity contribution in [1.82, 2.24) is 0 Å². The van der Waals surface area contributed by atoms with Crippen LogP contribution in [0.1, 0.15) is 11.1 Å². The molecule has 0 aliphatic rings. The average molecular weight is 252 g/mol. The van der Waals surface area contributed by atoms with Crippen LogP contribution in [0, 0.1) is 13.8 Å². The fraction of sp³-hybridized carbons (Fsp3) is 0.462. The summed E-state index contributed by atoms with van der Waals surface area (Å²) in [6.07, 6.45) is 0. The first-order chi connectivity index (χ1) is 8.54. The monoisotopic (exact) mass is 252 g/mol. The second kappa shape index (κ2) is 6.98. The van der Waals surface area contributed by atoms with E-state index in [1.54, 1.807) is 13.2 Å². The predicted molar refractivity (Wildman–Crippen MR) is 71.7 cm³/mol. The fourth-order valence-electron chi connectivity index (χ4n) is 1.50. The number of nitrogen functional groups attached to an aromatic ring is 1. The fourth-order valence-corrected chi connectivity index (χ4v) is 1.50. The first kappa shape index (κ1) is 14.5. The molecule has 0 fully saturated rings. The van der Waals surface area contributed by atoms with Crippen LogP contribution in [-0.2, 0) is 14.3 Å². The van der Waals surface area contributed by atoms with Gasteiger partial charge in [-0.2, -0.15) is 0 Å². The molecule has 1 aromatic rings. The quantitative estimate of drug-likeness (QED) is 0.594. The summed E-state index contributed by atoms with van der Waals surface area (Å²) >= 11 is 0. The van der Waals surface area contributed by atoms with Crippen molar-refractivity contribution in [3.05, 3.63) is 23.3 Å². The van der Waals surface area contributed by atoms with Crippen LogP contribution in [0.3, 0.4) is 0 Å². The number of amides is 1. The number of carbonyl (C=O) groups is 1. The molecule has 0 bridgehead atoms. The van der Waals surface area contributed by atoms with Crippen molar-refractivity contribution in [1.29, 1.82) is 0 Å². The normalized spacial score (nSPS) is 10.4. The van der Waals surface area contributed by atoms with E-state index in [9.17, 15) is 4.79 Å². The Balaban J connectivity index is 2.51. The van der Waals surface area contributed by atoms with Gasteiger partial charge in [-0.25, -0.2) is 0 Å². The van der Waals surface area contributed by atoms with E-state index in [-0.39, 0.29) is 12.5 Å². The van der Waals surface area contributed by atoms with E-state index >= 15 is 0 Å². The molecule has 0 unspecified atom stereocenters. The molecule has 5 heteroatoms. The van der Waals surface area contributed by atoms with Crippen molar-refractivity contribution < 1.29 is 14.3 Å². The summed E-state index contributed by atoms with van der Waals surface area (Å²) in [6.45, 7) is 4.74. The van der Waals surface area contributed by atoms with Crippen molar-refractivity contribution in [2.75, 3.05) is 38.0 Å². The summed E-state index contributed by atoms with van der Waals surface area (Å²) in [5.74, 6) is -0.197. The molecule has 0 atom stereocenters. The van der Waals surface area contributed by atoms with Crippen molar-refractivity contribution in [3.8, 4) is 0 Å². The molecule has 1 aromatic carbocycles. The van der Waals surface area contributed by atoms with Crippen molar-refractivity contribution in [3.63, 3.8) is 0 Å². The zero-order valence-corrected chi connectivity index (χ0v) is 11.1. The van der Waals surface area contributed by atoms with Crippen molar-refractivity contribution in [2.45, 2.75) is 13.8 Å². The molecule has 3 N–H and O–H groups in total. The Kier molecular flexibility index (Phi) is 5.61. The largest absolute Gasteiger partial charge is 0.398 e. The van der Waals surface area contributed by atoms with Crippen LogP contribution in [0.25, 0.3) is 0 Å². The van der Waals surface area contributed by atoms with Crippen LogP contribution >= 0.6 is 0 Å². The number of ether oxygens (including phenoxy) is 2. The third kappa shape index (κ3) is 4.35. The molecule has 0 saturated carbocycles. The molecule has 1 amide bonds. The number of aryl methyl sites for hydroxylation is 2. The van der Waals surface area contributed by atoms with E-state index in [4.69, 9.17) is 15.2 Å². The van der Waals surface area contributed by atoms with Crippen LogP contribution in [0.15, 0.2) is 12.1 Å². The van der Waals surface area contributed by atoms with Gasteiger partial charge in [0.2, 0.25) is 5.91 Å². The maximum atomic E-state index is 11.6. The number of anilines is 2. The van der Waals surface area contributed by atoms with Crippen LogP contribution in [0.5, 0.6) is 0 Å². The summed E-state index contributed by atoms with van der Waals surface area (Å²) in [6, 6.07) is 3.70. The van der Waals surface area contributed by atoms with Gasteiger partial charge >= 0.3 is 0 Å².